The van der Waals surface area contributed by atoms with Gasteiger partial charge in [0.15, 0.2) is 0 Å². The molecule has 0 bridgehead atoms. The van der Waals surface area contributed by atoms with Crippen LogP contribution in [0.5, 0.6) is 0 Å². The van der Waals surface area contributed by atoms with Crippen LogP contribution in [0.2, 0.25) is 0 Å². The van der Waals surface area contributed by atoms with E-state index in [0.717, 1.165) is 19.6 Å². The van der Waals surface area contributed by atoms with Gasteiger partial charge < -0.3 is 0 Å². The van der Waals surface area contributed by atoms with Crippen molar-refractivity contribution in [1.82, 2.24) is 9.34 Å². The molecule has 2 heterocycles. The van der Waals surface area contributed by atoms with Gasteiger partial charge in [-0.3, -0.25) is 0 Å². The molecule has 130 valence electrons. The summed E-state index contributed by atoms with van der Waals surface area (Å²) in [6.45, 7) is 4.17. The Hall–Kier alpha value is -0.185. The molecule has 3 aliphatic rings. The second-order valence-corrected chi connectivity index (χ2v) is 11.0. The summed E-state index contributed by atoms with van der Waals surface area (Å²) >= 11 is 0. The van der Waals surface area contributed by atoms with Crippen LogP contribution in [-0.2, 0) is 9.47 Å². The number of rotatable bonds is 7. The van der Waals surface area contributed by atoms with Gasteiger partial charge >= 0.3 is 142 Å². The van der Waals surface area contributed by atoms with Crippen LogP contribution in [0.25, 0.3) is 0 Å². The molecule has 0 unspecified atom stereocenters. The molecule has 2 aliphatic heterocycles. The first kappa shape index (κ1) is 17.6. The Morgan fingerprint density at radius 3 is 2.09 bits per heavy atom. The third-order valence-electron chi connectivity index (χ3n) is 5.91. The van der Waals surface area contributed by atoms with E-state index in [4.69, 9.17) is 9.47 Å². The van der Waals surface area contributed by atoms with Gasteiger partial charge in [-0.05, 0) is 0 Å². The average Bonchev–Trinajstić information content (AvgIpc) is 3.29. The Balaban J connectivity index is 1.92. The molecule has 0 radical (unpaired) electrons. The summed E-state index contributed by atoms with van der Waals surface area (Å²) in [4.78, 5) is 0. The Labute approximate surface area is 142 Å². The number of nitrogens with zero attached hydrogens (tertiary/aromatic N) is 2. The van der Waals surface area contributed by atoms with E-state index in [1.54, 1.807) is 5.31 Å². The fourth-order valence-electron chi connectivity index (χ4n) is 4.86. The van der Waals surface area contributed by atoms with Gasteiger partial charge in [0.2, 0.25) is 0 Å². The van der Waals surface area contributed by atoms with Crippen LogP contribution in [0.4, 0.5) is 0 Å². The molecule has 0 spiro atoms. The molecular weight excluding hydrogens is 306 g/mol. The van der Waals surface area contributed by atoms with Gasteiger partial charge in [-0.1, -0.05) is 0 Å². The van der Waals surface area contributed by atoms with Crippen molar-refractivity contribution in [2.45, 2.75) is 44.2 Å². The maximum absolute atomic E-state index is 5.55. The molecule has 4 nitrogen and oxygen atoms in total. The van der Waals surface area contributed by atoms with Crippen molar-refractivity contribution in [3.63, 3.8) is 0 Å². The summed E-state index contributed by atoms with van der Waals surface area (Å²) in [5, 5.41) is 1.60. The molecule has 2 atom stereocenters. The van der Waals surface area contributed by atoms with Gasteiger partial charge in [-0.25, -0.2) is 0 Å². The Kier molecular flexibility index (Phi) is 5.98. The second-order valence-electron chi connectivity index (χ2n) is 7.21. The summed E-state index contributed by atoms with van der Waals surface area (Å²) in [7, 11) is 4.38. The average molecular weight is 338 g/mol. The van der Waals surface area contributed by atoms with E-state index in [1.165, 1.54) is 38.8 Å². The zero-order valence-electron chi connectivity index (χ0n) is 15.0. The fraction of sp³-hybridized carbons (Fsp3) is 0.765. The summed E-state index contributed by atoms with van der Waals surface area (Å²) in [6.07, 6.45) is 13.4. The van der Waals surface area contributed by atoms with E-state index in [9.17, 15) is 0 Å². The monoisotopic (exact) mass is 338 g/mol. The molecule has 1 aliphatic carbocycles. The number of ether oxygens (including phenoxy) is 2. The SMILES string of the molecule is B[PH](C1=CCC=C1)(N1CCC[C@H]1COC)N1CCC[C@H]1COC. The second kappa shape index (κ2) is 7.80. The van der Waals surface area contributed by atoms with Gasteiger partial charge in [0.25, 0.3) is 0 Å². The molecule has 2 fully saturated rings. The summed E-state index contributed by atoms with van der Waals surface area (Å²) in [5.74, 6) is 0. The van der Waals surface area contributed by atoms with Crippen LogP contribution in [0.1, 0.15) is 32.1 Å². The predicted octanol–water partition coefficient (Wildman–Crippen LogP) is 2.18. The standard InChI is InChI=1S/C17H32BN2O2P/c1-21-13-15-7-5-11-19(15)23(18,17-9-3-4-10-17)20-12-6-8-16(20)14-22-2/h3,9-10,15-16,23H,4-8,11-14,18H2,1-2H3/t15-,16-/m0/s1. The van der Waals surface area contributed by atoms with Crippen molar-refractivity contribution in [2.24, 2.45) is 0 Å². The molecule has 0 amide bonds. The first-order chi connectivity index (χ1) is 11.2. The molecule has 0 aromatic rings. The van der Waals surface area contributed by atoms with Gasteiger partial charge in [-0.2, -0.15) is 0 Å². The number of allylic oxidation sites excluding steroid dienone is 4. The van der Waals surface area contributed by atoms with Crippen molar-refractivity contribution in [3.05, 3.63) is 23.5 Å². The van der Waals surface area contributed by atoms with Crippen molar-refractivity contribution in [2.75, 3.05) is 40.5 Å². The molecule has 0 aromatic carbocycles. The van der Waals surface area contributed by atoms with Crippen molar-refractivity contribution in [3.8, 4) is 0 Å². The van der Waals surface area contributed by atoms with Crippen LogP contribution in [0.3, 0.4) is 0 Å². The van der Waals surface area contributed by atoms with Crippen LogP contribution in [0, 0.1) is 0 Å². The quantitative estimate of drug-likeness (QED) is 0.525. The van der Waals surface area contributed by atoms with Gasteiger partial charge in [0.1, 0.15) is 0 Å². The van der Waals surface area contributed by atoms with Crippen LogP contribution in [-0.4, -0.2) is 69.5 Å². The van der Waals surface area contributed by atoms with E-state index in [0.29, 0.717) is 12.1 Å². The Morgan fingerprint density at radius 1 is 1.09 bits per heavy atom. The molecule has 3 rings (SSSR count). The minimum atomic E-state index is -1.87. The van der Waals surface area contributed by atoms with Crippen molar-refractivity contribution >= 4 is 15.0 Å². The molecule has 23 heavy (non-hydrogen) atoms. The normalized spacial score (nSPS) is 30.3. The van der Waals surface area contributed by atoms with Crippen LogP contribution >= 0.6 is 7.44 Å². The van der Waals surface area contributed by atoms with Crippen LogP contribution < -0.4 is 0 Å². The topological polar surface area (TPSA) is 24.9 Å². The van der Waals surface area contributed by atoms with Gasteiger partial charge in [0, 0.05) is 0 Å². The third-order valence-corrected chi connectivity index (χ3v) is 10.8. The Morgan fingerprint density at radius 2 is 1.65 bits per heavy atom. The molecule has 0 saturated carbocycles. The van der Waals surface area contributed by atoms with Crippen molar-refractivity contribution < 1.29 is 9.47 Å². The van der Waals surface area contributed by atoms with E-state index in [-0.39, 0.29) is 0 Å². The van der Waals surface area contributed by atoms with E-state index in [2.05, 4.69) is 35.1 Å². The first-order valence-corrected chi connectivity index (χ1v) is 11.5. The number of methoxy groups -OCH3 is 2. The third kappa shape index (κ3) is 3.32. The van der Waals surface area contributed by atoms with Crippen LogP contribution in [0.15, 0.2) is 23.5 Å². The fourth-order valence-corrected chi connectivity index (χ4v) is 9.80. The maximum atomic E-state index is 5.55. The molecular formula is C17H32BN2O2P. The first-order valence-electron chi connectivity index (χ1n) is 9.10. The van der Waals surface area contributed by atoms with E-state index >= 15 is 0 Å². The zero-order valence-corrected chi connectivity index (χ0v) is 16.0. The van der Waals surface area contributed by atoms with Gasteiger partial charge in [-0.15, -0.1) is 0 Å². The predicted molar refractivity (Wildman–Crippen MR) is 102 cm³/mol. The zero-order chi connectivity index (χ0) is 16.3. The number of hydrogen-bond acceptors (Lipinski definition) is 4. The van der Waals surface area contributed by atoms with E-state index in [1.807, 2.05) is 14.2 Å². The Bertz CT molecular complexity index is 448. The van der Waals surface area contributed by atoms with Crippen molar-refractivity contribution in [1.29, 1.82) is 0 Å². The summed E-state index contributed by atoms with van der Waals surface area (Å²) < 4.78 is 16.8. The summed E-state index contributed by atoms with van der Waals surface area (Å²) in [5.41, 5.74) is 0. The van der Waals surface area contributed by atoms with Gasteiger partial charge in [0.05, 0.1) is 0 Å². The molecule has 0 N–H and O–H groups in total. The molecule has 2 saturated heterocycles. The minimum absolute atomic E-state index is 0.579. The number of hydrogen-bond donors (Lipinski definition) is 0. The molecule has 6 heteroatoms. The summed E-state index contributed by atoms with van der Waals surface area (Å²) in [6, 6.07) is 1.16. The van der Waals surface area contributed by atoms with E-state index < -0.39 is 7.44 Å². The molecule has 0 aromatic heterocycles.